The molecular weight excluding hydrogens is 385 g/mol. The zero-order chi connectivity index (χ0) is 20.0. The number of fused-ring (bicyclic) bond motifs is 1. The summed E-state index contributed by atoms with van der Waals surface area (Å²) in [6, 6.07) is 0.906. The Kier molecular flexibility index (Phi) is 5.26. The van der Waals surface area contributed by atoms with Crippen molar-refractivity contribution in [1.29, 1.82) is 0 Å². The molecule has 1 spiro atoms. The summed E-state index contributed by atoms with van der Waals surface area (Å²) in [6.07, 6.45) is -2.36. The Hall–Kier alpha value is -1.30. The van der Waals surface area contributed by atoms with Crippen molar-refractivity contribution in [2.45, 2.75) is 57.1 Å². The van der Waals surface area contributed by atoms with Crippen molar-refractivity contribution < 1.29 is 27.4 Å². The van der Waals surface area contributed by atoms with E-state index in [0.29, 0.717) is 38.2 Å². The molecule has 1 N–H and O–H groups in total. The standard InChI is InChI=1S/C16H23F3N4O3S/c1-14(2,3)27(25)23(26-13(24)16(17,18)19)12-11-4-7-21-22(11)10-15(12)5-8-20-9-6-15/h4,7,12,20H,5-6,8-10H2,1-3H3/t12-,27?/m1/s1. The lowest BCUT2D eigenvalue weighted by atomic mass is 9.74. The Morgan fingerprint density at radius 2 is 2.04 bits per heavy atom. The molecule has 3 heterocycles. The molecule has 0 aromatic carbocycles. The van der Waals surface area contributed by atoms with Gasteiger partial charge in [-0.15, -0.1) is 0 Å². The normalized spacial score (nSPS) is 23.5. The first-order valence-electron chi connectivity index (χ1n) is 8.68. The summed E-state index contributed by atoms with van der Waals surface area (Å²) in [6.45, 7) is 6.69. The van der Waals surface area contributed by atoms with Crippen molar-refractivity contribution in [1.82, 2.24) is 19.6 Å². The topological polar surface area (TPSA) is 82.5 Å². The second kappa shape index (κ2) is 6.94. The van der Waals surface area contributed by atoms with E-state index >= 15 is 0 Å². The lowest BCUT2D eigenvalue weighted by molar-refractivity contribution is -0.232. The zero-order valence-corrected chi connectivity index (χ0v) is 16.2. The van der Waals surface area contributed by atoms with E-state index < -0.39 is 39.7 Å². The van der Waals surface area contributed by atoms with Crippen LogP contribution in [0.2, 0.25) is 0 Å². The fraction of sp³-hybridized carbons (Fsp3) is 0.750. The highest BCUT2D eigenvalue weighted by molar-refractivity contribution is 7.90. The number of piperidine rings is 1. The van der Waals surface area contributed by atoms with Crippen molar-refractivity contribution in [2.24, 2.45) is 5.41 Å². The summed E-state index contributed by atoms with van der Waals surface area (Å²) in [5, 5.41) is 7.46. The zero-order valence-electron chi connectivity index (χ0n) is 15.4. The van der Waals surface area contributed by atoms with Crippen LogP contribution in [0.4, 0.5) is 13.2 Å². The fourth-order valence-corrected chi connectivity index (χ4v) is 4.88. The van der Waals surface area contributed by atoms with Crippen LogP contribution in [0.1, 0.15) is 45.3 Å². The SMILES string of the molecule is CC(C)(C)[S+]([O-])N(OC(=O)C(F)(F)F)[C@@H]1c2ccnn2CC12CCNCC2. The summed E-state index contributed by atoms with van der Waals surface area (Å²) in [5.74, 6) is -2.37. The molecule has 3 rings (SSSR count). The van der Waals surface area contributed by atoms with Crippen LogP contribution < -0.4 is 5.32 Å². The molecule has 1 aromatic rings. The summed E-state index contributed by atoms with van der Waals surface area (Å²) in [7, 11) is 0. The average Bonchev–Trinajstić information content (AvgIpc) is 3.10. The van der Waals surface area contributed by atoms with Crippen LogP contribution in [0, 0.1) is 5.41 Å². The fourth-order valence-electron chi connectivity index (χ4n) is 3.68. The van der Waals surface area contributed by atoms with Crippen LogP contribution in [0.15, 0.2) is 12.3 Å². The smallest absolute Gasteiger partial charge is 0.492 e. The minimum absolute atomic E-state index is 0.475. The van der Waals surface area contributed by atoms with E-state index in [4.69, 9.17) is 4.84 Å². The summed E-state index contributed by atoms with van der Waals surface area (Å²) in [5.41, 5.74) is 0.0891. The Morgan fingerprint density at radius 3 is 2.59 bits per heavy atom. The minimum atomic E-state index is -5.18. The first kappa shape index (κ1) is 20.4. The van der Waals surface area contributed by atoms with Gasteiger partial charge in [-0.25, -0.2) is 4.79 Å². The minimum Gasteiger partial charge on any atom is -0.595 e. The van der Waals surface area contributed by atoms with Crippen molar-refractivity contribution in [2.75, 3.05) is 13.1 Å². The van der Waals surface area contributed by atoms with Crippen molar-refractivity contribution in [3.8, 4) is 0 Å². The van der Waals surface area contributed by atoms with Crippen LogP contribution in [0.5, 0.6) is 0 Å². The summed E-state index contributed by atoms with van der Waals surface area (Å²) >= 11 is -2.01. The number of alkyl halides is 3. The molecule has 0 aliphatic carbocycles. The summed E-state index contributed by atoms with van der Waals surface area (Å²) < 4.78 is 53.4. The molecule has 2 aliphatic heterocycles. The number of aromatic nitrogens is 2. The maximum Gasteiger partial charge on any atom is 0.492 e. The van der Waals surface area contributed by atoms with Gasteiger partial charge in [0, 0.05) is 18.2 Å². The molecule has 2 atom stereocenters. The largest absolute Gasteiger partial charge is 0.595 e. The molecule has 27 heavy (non-hydrogen) atoms. The second-order valence-corrected chi connectivity index (χ2v) is 10.0. The Balaban J connectivity index is 2.04. The van der Waals surface area contributed by atoms with E-state index in [9.17, 15) is 22.5 Å². The molecular formula is C16H23F3N4O3S. The van der Waals surface area contributed by atoms with E-state index in [1.54, 1.807) is 37.7 Å². The first-order valence-corrected chi connectivity index (χ1v) is 9.79. The van der Waals surface area contributed by atoms with E-state index in [1.165, 1.54) is 0 Å². The van der Waals surface area contributed by atoms with Crippen LogP contribution in [-0.2, 0) is 27.5 Å². The molecule has 0 saturated carbocycles. The van der Waals surface area contributed by atoms with Gasteiger partial charge >= 0.3 is 12.1 Å². The maximum atomic E-state index is 13.1. The number of hydrogen-bond acceptors (Lipinski definition) is 6. The maximum absolute atomic E-state index is 13.1. The number of rotatable bonds is 3. The van der Waals surface area contributed by atoms with Crippen molar-refractivity contribution in [3.63, 3.8) is 0 Å². The van der Waals surface area contributed by atoms with Crippen LogP contribution in [-0.4, -0.2) is 48.8 Å². The Morgan fingerprint density at radius 1 is 1.41 bits per heavy atom. The predicted octanol–water partition coefficient (Wildman–Crippen LogP) is 2.09. The number of nitrogens with one attached hydrogen (secondary N) is 1. The molecule has 1 saturated heterocycles. The van der Waals surface area contributed by atoms with E-state index in [-0.39, 0.29) is 0 Å². The predicted molar refractivity (Wildman–Crippen MR) is 91.4 cm³/mol. The van der Waals surface area contributed by atoms with Gasteiger partial charge in [-0.3, -0.25) is 4.68 Å². The highest BCUT2D eigenvalue weighted by Crippen LogP contribution is 2.52. The summed E-state index contributed by atoms with van der Waals surface area (Å²) in [4.78, 5) is 16.4. The molecule has 152 valence electrons. The van der Waals surface area contributed by atoms with Gasteiger partial charge in [0.05, 0.1) is 21.5 Å². The third kappa shape index (κ3) is 3.82. The molecule has 11 heteroatoms. The van der Waals surface area contributed by atoms with Crippen LogP contribution in [0.25, 0.3) is 0 Å². The first-order chi connectivity index (χ1) is 12.5. The number of halogens is 3. The van der Waals surface area contributed by atoms with Crippen molar-refractivity contribution >= 4 is 17.3 Å². The van der Waals surface area contributed by atoms with E-state index in [0.717, 1.165) is 4.47 Å². The van der Waals surface area contributed by atoms with Gasteiger partial charge in [0.1, 0.15) is 10.8 Å². The van der Waals surface area contributed by atoms with Gasteiger partial charge in [-0.1, -0.05) is 0 Å². The number of carbonyl (C=O) groups excluding carboxylic acids is 1. The van der Waals surface area contributed by atoms with Gasteiger partial charge in [0.25, 0.3) is 0 Å². The van der Waals surface area contributed by atoms with Crippen molar-refractivity contribution in [3.05, 3.63) is 18.0 Å². The van der Waals surface area contributed by atoms with E-state index in [1.807, 2.05) is 0 Å². The average molecular weight is 408 g/mol. The Labute approximate surface area is 158 Å². The Bertz CT molecular complexity index is 698. The highest BCUT2D eigenvalue weighted by atomic mass is 32.2. The third-order valence-corrected chi connectivity index (χ3v) is 6.64. The van der Waals surface area contributed by atoms with Crippen LogP contribution in [0.3, 0.4) is 0 Å². The molecule has 2 aliphatic rings. The monoisotopic (exact) mass is 408 g/mol. The number of nitrogens with zero attached hydrogens (tertiary/aromatic N) is 3. The number of hydroxylamine groups is 1. The van der Waals surface area contributed by atoms with Gasteiger partial charge in [0.15, 0.2) is 0 Å². The molecule has 0 amide bonds. The quantitative estimate of drug-likeness (QED) is 0.609. The van der Waals surface area contributed by atoms with E-state index in [2.05, 4.69) is 10.4 Å². The van der Waals surface area contributed by atoms with Gasteiger partial charge in [-0.05, 0) is 52.8 Å². The highest BCUT2D eigenvalue weighted by Gasteiger charge is 2.58. The number of hydrogen-bond donors (Lipinski definition) is 1. The van der Waals surface area contributed by atoms with Gasteiger partial charge in [0.2, 0.25) is 0 Å². The third-order valence-electron chi connectivity index (χ3n) is 4.98. The van der Waals surface area contributed by atoms with Crippen LogP contribution >= 0.6 is 0 Å². The molecule has 0 radical (unpaired) electrons. The molecule has 0 bridgehead atoms. The lowest BCUT2D eigenvalue weighted by Gasteiger charge is -2.43. The molecule has 1 fully saturated rings. The van der Waals surface area contributed by atoms with Gasteiger partial charge in [-0.2, -0.15) is 18.3 Å². The molecule has 1 unspecified atom stereocenters. The number of carbonyl (C=O) groups is 1. The van der Waals surface area contributed by atoms with Gasteiger partial charge < -0.3 is 14.7 Å². The second-order valence-electron chi connectivity index (χ2n) is 7.95. The molecule has 7 nitrogen and oxygen atoms in total. The molecule has 1 aromatic heterocycles. The lowest BCUT2D eigenvalue weighted by Crippen LogP contribution is -2.52.